The van der Waals surface area contributed by atoms with Crippen molar-refractivity contribution >= 4 is 23.2 Å². The summed E-state index contributed by atoms with van der Waals surface area (Å²) in [6, 6.07) is 10.3. The van der Waals surface area contributed by atoms with Crippen LogP contribution in [-0.2, 0) is 12.7 Å². The number of rotatable bonds is 2. The molecule has 0 radical (unpaired) electrons. The minimum absolute atomic E-state index is 0.00460. The molecule has 1 aliphatic rings. The molecular weight excluding hydrogens is 457 g/mol. The number of imidazole rings is 1. The molecule has 6 nitrogen and oxygen atoms in total. The summed E-state index contributed by atoms with van der Waals surface area (Å²) in [4.78, 5) is 23.0. The van der Waals surface area contributed by atoms with Gasteiger partial charge < -0.3 is 14.0 Å². The number of alkyl halides is 3. The molecule has 0 saturated heterocycles. The molecule has 3 aromatic heterocycles. The molecule has 0 fully saturated rings. The summed E-state index contributed by atoms with van der Waals surface area (Å²) >= 11 is 6.01. The molecule has 1 aromatic carbocycles. The second-order valence-electron chi connectivity index (χ2n) is 7.57. The van der Waals surface area contributed by atoms with Crippen molar-refractivity contribution in [1.82, 2.24) is 19.3 Å². The second kappa shape index (κ2) is 8.08. The van der Waals surface area contributed by atoms with Gasteiger partial charge in [-0.15, -0.1) is 0 Å². The first kappa shape index (κ1) is 21.3. The topological polar surface area (TPSA) is 59.7 Å². The van der Waals surface area contributed by atoms with Crippen molar-refractivity contribution in [2.75, 3.05) is 13.2 Å². The Balaban J connectivity index is 1.46. The van der Waals surface area contributed by atoms with E-state index >= 15 is 0 Å². The van der Waals surface area contributed by atoms with Crippen molar-refractivity contribution in [2.24, 2.45) is 0 Å². The monoisotopic (exact) mass is 472 g/mol. The summed E-state index contributed by atoms with van der Waals surface area (Å²) in [6.07, 6.45) is 0.967. The van der Waals surface area contributed by atoms with Gasteiger partial charge in [0.2, 0.25) is 0 Å². The number of hydrogen-bond donors (Lipinski definition) is 0. The molecule has 0 N–H and O–H groups in total. The van der Waals surface area contributed by atoms with E-state index in [2.05, 4.69) is 9.97 Å². The van der Waals surface area contributed by atoms with Crippen molar-refractivity contribution in [2.45, 2.75) is 12.7 Å². The molecule has 0 atom stereocenters. The zero-order chi connectivity index (χ0) is 23.2. The first-order chi connectivity index (χ1) is 15.8. The standard InChI is InChI=1S/C23H16ClF3N4O2/c24-18-10-17(23(25,26)27)12-31-13-19(29-21(18)31)22(32)30-7-8-33-20-2-1-15(9-16(20)11-30)14-3-5-28-6-4-14/h1-6,9-10,12-13H,7-8,11H2. The third kappa shape index (κ3) is 4.11. The number of benzene rings is 1. The summed E-state index contributed by atoms with van der Waals surface area (Å²) in [6.45, 7) is 0.843. The maximum Gasteiger partial charge on any atom is 0.417 e. The van der Waals surface area contributed by atoms with Gasteiger partial charge in [-0.05, 0) is 41.5 Å². The Kier molecular flexibility index (Phi) is 5.20. The zero-order valence-corrected chi connectivity index (χ0v) is 17.8. The molecule has 0 aliphatic carbocycles. The number of fused-ring (bicyclic) bond motifs is 2. The van der Waals surface area contributed by atoms with Crippen molar-refractivity contribution in [3.05, 3.63) is 83.0 Å². The highest BCUT2D eigenvalue weighted by Gasteiger charge is 2.32. The summed E-state index contributed by atoms with van der Waals surface area (Å²) in [7, 11) is 0. The molecule has 4 aromatic rings. The van der Waals surface area contributed by atoms with Crippen LogP contribution in [0.1, 0.15) is 21.6 Å². The largest absolute Gasteiger partial charge is 0.491 e. The van der Waals surface area contributed by atoms with Gasteiger partial charge in [-0.3, -0.25) is 9.78 Å². The summed E-state index contributed by atoms with van der Waals surface area (Å²) in [5, 5.41) is -0.185. The fourth-order valence-electron chi connectivity index (χ4n) is 3.77. The van der Waals surface area contributed by atoms with E-state index in [1.165, 1.54) is 6.20 Å². The van der Waals surface area contributed by atoms with Gasteiger partial charge >= 0.3 is 6.18 Å². The summed E-state index contributed by atoms with van der Waals surface area (Å²) in [5.41, 5.74) is 1.91. The zero-order valence-electron chi connectivity index (χ0n) is 17.0. The Morgan fingerprint density at radius 3 is 2.61 bits per heavy atom. The van der Waals surface area contributed by atoms with E-state index in [0.717, 1.165) is 33.4 Å². The number of aromatic nitrogens is 3. The first-order valence-electron chi connectivity index (χ1n) is 10.0. The molecule has 0 spiro atoms. The number of hydrogen-bond acceptors (Lipinski definition) is 4. The molecule has 33 heavy (non-hydrogen) atoms. The lowest BCUT2D eigenvalue weighted by atomic mass is 10.0. The molecule has 4 heterocycles. The number of pyridine rings is 2. The van der Waals surface area contributed by atoms with Crippen LogP contribution in [0.2, 0.25) is 5.02 Å². The number of carbonyl (C=O) groups excluding carboxylic acids is 1. The van der Waals surface area contributed by atoms with E-state index in [-0.39, 0.29) is 29.5 Å². The molecule has 0 unspecified atom stereocenters. The van der Waals surface area contributed by atoms with Crippen LogP contribution in [0.5, 0.6) is 5.75 Å². The van der Waals surface area contributed by atoms with E-state index in [4.69, 9.17) is 16.3 Å². The second-order valence-corrected chi connectivity index (χ2v) is 7.97. The molecule has 0 bridgehead atoms. The van der Waals surface area contributed by atoms with Crippen LogP contribution in [0, 0.1) is 0 Å². The van der Waals surface area contributed by atoms with Gasteiger partial charge in [0.05, 0.1) is 17.1 Å². The maximum atomic E-state index is 13.2. The Hall–Kier alpha value is -3.59. The van der Waals surface area contributed by atoms with Crippen molar-refractivity contribution in [3.63, 3.8) is 0 Å². The smallest absolute Gasteiger partial charge is 0.417 e. The molecule has 168 valence electrons. The number of nitrogens with zero attached hydrogens (tertiary/aromatic N) is 4. The predicted molar refractivity (Wildman–Crippen MR) is 115 cm³/mol. The van der Waals surface area contributed by atoms with Gasteiger partial charge in [-0.25, -0.2) is 4.98 Å². The van der Waals surface area contributed by atoms with Gasteiger partial charge in [0.15, 0.2) is 5.65 Å². The van der Waals surface area contributed by atoms with E-state index < -0.39 is 17.6 Å². The van der Waals surface area contributed by atoms with Gasteiger partial charge in [-0.2, -0.15) is 13.2 Å². The lowest BCUT2D eigenvalue weighted by Gasteiger charge is -2.18. The lowest BCUT2D eigenvalue weighted by Crippen LogP contribution is -2.32. The Bertz CT molecular complexity index is 1360. The fraction of sp³-hybridized carbons (Fsp3) is 0.174. The van der Waals surface area contributed by atoms with Gasteiger partial charge in [0.1, 0.15) is 18.1 Å². The Morgan fingerprint density at radius 1 is 1.06 bits per heavy atom. The minimum Gasteiger partial charge on any atom is -0.491 e. The highest BCUT2D eigenvalue weighted by atomic mass is 35.5. The van der Waals surface area contributed by atoms with Crippen LogP contribution in [0.3, 0.4) is 0 Å². The quantitative estimate of drug-likeness (QED) is 0.407. The predicted octanol–water partition coefficient (Wildman–Crippen LogP) is 5.10. The van der Waals surface area contributed by atoms with Crippen molar-refractivity contribution in [3.8, 4) is 16.9 Å². The summed E-state index contributed by atoms with van der Waals surface area (Å²) < 4.78 is 46.3. The average molecular weight is 473 g/mol. The average Bonchev–Trinajstić information content (AvgIpc) is 3.12. The normalized spacial score (nSPS) is 14.0. The van der Waals surface area contributed by atoms with Gasteiger partial charge in [-0.1, -0.05) is 17.7 Å². The van der Waals surface area contributed by atoms with Gasteiger partial charge in [0, 0.05) is 36.9 Å². The van der Waals surface area contributed by atoms with E-state index in [1.54, 1.807) is 17.3 Å². The molecular formula is C23H16ClF3N4O2. The van der Waals surface area contributed by atoms with Crippen LogP contribution in [0.15, 0.2) is 61.2 Å². The van der Waals surface area contributed by atoms with Crippen LogP contribution >= 0.6 is 11.6 Å². The van der Waals surface area contributed by atoms with E-state index in [9.17, 15) is 18.0 Å². The SMILES string of the molecule is O=C(c1cn2cc(C(F)(F)F)cc(Cl)c2n1)N1CCOc2ccc(-c3ccncc3)cc2C1. The fourth-order valence-corrected chi connectivity index (χ4v) is 4.03. The van der Waals surface area contributed by atoms with Crippen LogP contribution in [0.4, 0.5) is 13.2 Å². The van der Waals surface area contributed by atoms with E-state index in [1.807, 2.05) is 30.3 Å². The highest BCUT2D eigenvalue weighted by molar-refractivity contribution is 6.33. The molecule has 0 saturated carbocycles. The van der Waals surface area contributed by atoms with Crippen molar-refractivity contribution in [1.29, 1.82) is 0 Å². The summed E-state index contributed by atoms with van der Waals surface area (Å²) in [5.74, 6) is 0.255. The lowest BCUT2D eigenvalue weighted by molar-refractivity contribution is -0.137. The molecule has 5 rings (SSSR count). The molecule has 1 aliphatic heterocycles. The van der Waals surface area contributed by atoms with Crippen LogP contribution in [-0.4, -0.2) is 38.3 Å². The number of halogens is 4. The third-order valence-corrected chi connectivity index (χ3v) is 5.67. The van der Waals surface area contributed by atoms with Crippen LogP contribution in [0.25, 0.3) is 16.8 Å². The van der Waals surface area contributed by atoms with Crippen molar-refractivity contribution < 1.29 is 22.7 Å². The van der Waals surface area contributed by atoms with Gasteiger partial charge in [0.25, 0.3) is 5.91 Å². The van der Waals surface area contributed by atoms with Crippen LogP contribution < -0.4 is 4.74 Å². The highest BCUT2D eigenvalue weighted by Crippen LogP contribution is 2.33. The first-order valence-corrected chi connectivity index (χ1v) is 10.4. The number of amides is 1. The number of ether oxygens (including phenoxy) is 1. The maximum absolute atomic E-state index is 13.2. The number of carbonyl (C=O) groups is 1. The Labute approximate surface area is 191 Å². The molecule has 1 amide bonds. The minimum atomic E-state index is -4.56. The Morgan fingerprint density at radius 2 is 1.85 bits per heavy atom. The van der Waals surface area contributed by atoms with E-state index in [0.29, 0.717) is 12.3 Å². The third-order valence-electron chi connectivity index (χ3n) is 5.39. The molecule has 10 heteroatoms.